The topological polar surface area (TPSA) is 155 Å². The van der Waals surface area contributed by atoms with Crippen LogP contribution in [-0.4, -0.2) is 61.8 Å². The Hall–Kier alpha value is -1.21. The van der Waals surface area contributed by atoms with Crippen molar-refractivity contribution in [2.45, 2.75) is 4.90 Å². The summed E-state index contributed by atoms with van der Waals surface area (Å²) in [5, 5.41) is 10.9. The molecule has 0 atom stereocenters. The second-order valence-electron chi connectivity index (χ2n) is 4.00. The van der Waals surface area contributed by atoms with Gasteiger partial charge in [0.1, 0.15) is 10.7 Å². The molecule has 1 aromatic heterocycles. The van der Waals surface area contributed by atoms with Crippen molar-refractivity contribution in [1.82, 2.24) is 18.8 Å². The summed E-state index contributed by atoms with van der Waals surface area (Å²) in [6.07, 6.45) is 1.12. The van der Waals surface area contributed by atoms with Crippen LogP contribution in [0.4, 0.5) is 5.82 Å². The van der Waals surface area contributed by atoms with E-state index in [1.54, 1.807) is 0 Å². The first kappa shape index (κ1) is 14.2. The number of nitrogens with zero attached hydrogens (tertiary/aromatic N) is 3. The molecule has 1 aliphatic heterocycles. The van der Waals surface area contributed by atoms with E-state index in [0.717, 1.165) is 14.8 Å². The van der Waals surface area contributed by atoms with E-state index in [-0.39, 0.29) is 36.9 Å². The van der Waals surface area contributed by atoms with Gasteiger partial charge in [-0.3, -0.25) is 5.10 Å². The maximum Gasteiger partial charge on any atom is 0.276 e. The van der Waals surface area contributed by atoms with Crippen LogP contribution in [-0.2, 0) is 20.2 Å². The van der Waals surface area contributed by atoms with E-state index in [4.69, 9.17) is 10.9 Å². The standard InChI is InChI=1S/C7H14N6O4S2/c8-7-6(5-10-11-7)18(14,15)12-1-3-13(4-2-12)19(9,16)17/h5H,1-4H2,(H3,8,10,11)(H2,9,16,17). The Bertz CT molecular complexity index is 658. The fourth-order valence-corrected chi connectivity index (χ4v) is 3.90. The monoisotopic (exact) mass is 310 g/mol. The van der Waals surface area contributed by atoms with Crippen molar-refractivity contribution < 1.29 is 16.8 Å². The van der Waals surface area contributed by atoms with E-state index < -0.39 is 20.2 Å². The smallest absolute Gasteiger partial charge is 0.276 e. The largest absolute Gasteiger partial charge is 0.383 e. The second kappa shape index (κ2) is 4.72. The molecule has 1 fully saturated rings. The minimum Gasteiger partial charge on any atom is -0.383 e. The van der Waals surface area contributed by atoms with Crippen molar-refractivity contribution in [2.24, 2.45) is 5.14 Å². The van der Waals surface area contributed by atoms with Crippen molar-refractivity contribution >= 4 is 26.1 Å². The number of aromatic nitrogens is 2. The van der Waals surface area contributed by atoms with Gasteiger partial charge in [0.2, 0.25) is 10.0 Å². The maximum absolute atomic E-state index is 12.2. The van der Waals surface area contributed by atoms with Crippen molar-refractivity contribution in [3.05, 3.63) is 6.20 Å². The highest BCUT2D eigenvalue weighted by Gasteiger charge is 2.33. The molecule has 0 aromatic carbocycles. The molecule has 2 heterocycles. The Morgan fingerprint density at radius 3 is 2.05 bits per heavy atom. The Morgan fingerprint density at radius 2 is 1.63 bits per heavy atom. The van der Waals surface area contributed by atoms with Crippen LogP contribution in [0, 0.1) is 0 Å². The summed E-state index contributed by atoms with van der Waals surface area (Å²) in [4.78, 5) is -0.114. The first-order valence-corrected chi connectivity index (χ1v) is 8.24. The number of rotatable bonds is 3. The van der Waals surface area contributed by atoms with Gasteiger partial charge in [-0.05, 0) is 0 Å². The van der Waals surface area contributed by atoms with Gasteiger partial charge < -0.3 is 5.73 Å². The Labute approximate surface area is 110 Å². The van der Waals surface area contributed by atoms with Gasteiger partial charge in [0, 0.05) is 26.2 Å². The lowest BCUT2D eigenvalue weighted by Gasteiger charge is -2.31. The van der Waals surface area contributed by atoms with E-state index in [1.165, 1.54) is 0 Å². The number of piperazine rings is 1. The normalized spacial score (nSPS) is 19.6. The number of aromatic amines is 1. The summed E-state index contributed by atoms with van der Waals surface area (Å²) < 4.78 is 48.9. The van der Waals surface area contributed by atoms with Gasteiger partial charge in [-0.1, -0.05) is 0 Å². The zero-order valence-electron chi connectivity index (χ0n) is 9.85. The number of anilines is 1. The van der Waals surface area contributed by atoms with Crippen LogP contribution < -0.4 is 10.9 Å². The number of nitrogens with two attached hydrogens (primary N) is 2. The Morgan fingerprint density at radius 1 is 1.11 bits per heavy atom. The summed E-state index contributed by atoms with van der Waals surface area (Å²) in [7, 11) is -7.55. The summed E-state index contributed by atoms with van der Waals surface area (Å²) >= 11 is 0. The van der Waals surface area contributed by atoms with Crippen molar-refractivity contribution in [1.29, 1.82) is 0 Å². The summed E-state index contributed by atoms with van der Waals surface area (Å²) in [5.41, 5.74) is 5.48. The lowest BCUT2D eigenvalue weighted by Crippen LogP contribution is -2.52. The SMILES string of the molecule is Nc1[nH]ncc1S(=O)(=O)N1CCN(S(N)(=O)=O)CC1. The predicted octanol–water partition coefficient (Wildman–Crippen LogP) is -2.50. The van der Waals surface area contributed by atoms with E-state index in [0.29, 0.717) is 0 Å². The third-order valence-corrected chi connectivity index (χ3v) is 5.82. The first-order valence-electron chi connectivity index (χ1n) is 5.30. The molecule has 0 unspecified atom stereocenters. The number of hydrogen-bond donors (Lipinski definition) is 3. The molecule has 108 valence electrons. The van der Waals surface area contributed by atoms with Gasteiger partial charge in [-0.25, -0.2) is 13.6 Å². The van der Waals surface area contributed by atoms with E-state index in [2.05, 4.69) is 10.2 Å². The fourth-order valence-electron chi connectivity index (χ4n) is 1.79. The Balaban J connectivity index is 2.16. The van der Waals surface area contributed by atoms with Crippen LogP contribution in [0.5, 0.6) is 0 Å². The molecular weight excluding hydrogens is 296 g/mol. The zero-order valence-corrected chi connectivity index (χ0v) is 11.5. The third-order valence-electron chi connectivity index (χ3n) is 2.81. The van der Waals surface area contributed by atoms with Crippen LogP contribution in [0.2, 0.25) is 0 Å². The third kappa shape index (κ3) is 2.71. The van der Waals surface area contributed by atoms with Crippen LogP contribution in [0.25, 0.3) is 0 Å². The molecular formula is C7H14N6O4S2. The molecule has 0 amide bonds. The number of H-pyrrole nitrogens is 1. The van der Waals surface area contributed by atoms with Crippen LogP contribution in [0.15, 0.2) is 11.1 Å². The minimum atomic E-state index is -3.79. The molecule has 12 heteroatoms. The lowest BCUT2D eigenvalue weighted by molar-refractivity contribution is 0.273. The van der Waals surface area contributed by atoms with Gasteiger partial charge in [0.15, 0.2) is 0 Å². The summed E-state index contributed by atoms with van der Waals surface area (Å²) in [6.45, 7) is 0.0540. The van der Waals surface area contributed by atoms with Gasteiger partial charge in [0.05, 0.1) is 6.20 Å². The van der Waals surface area contributed by atoms with Crippen LogP contribution in [0.1, 0.15) is 0 Å². The van der Waals surface area contributed by atoms with Crippen LogP contribution >= 0.6 is 0 Å². The molecule has 1 aromatic rings. The van der Waals surface area contributed by atoms with Crippen molar-refractivity contribution in [3.63, 3.8) is 0 Å². The number of nitrogen functional groups attached to an aromatic ring is 1. The van der Waals surface area contributed by atoms with Crippen molar-refractivity contribution in [2.75, 3.05) is 31.9 Å². The summed E-state index contributed by atoms with van der Waals surface area (Å²) in [6, 6.07) is 0. The van der Waals surface area contributed by atoms with Crippen LogP contribution in [0.3, 0.4) is 0 Å². The molecule has 2 rings (SSSR count). The van der Waals surface area contributed by atoms with E-state index in [9.17, 15) is 16.8 Å². The number of nitrogens with one attached hydrogen (secondary N) is 1. The first-order chi connectivity index (χ1) is 8.73. The molecule has 0 bridgehead atoms. The average molecular weight is 310 g/mol. The summed E-state index contributed by atoms with van der Waals surface area (Å²) in [5.74, 6) is -0.0473. The molecule has 0 radical (unpaired) electrons. The molecule has 0 saturated carbocycles. The molecule has 10 nitrogen and oxygen atoms in total. The molecule has 0 spiro atoms. The van der Waals surface area contributed by atoms with Gasteiger partial charge >= 0.3 is 0 Å². The van der Waals surface area contributed by atoms with E-state index >= 15 is 0 Å². The van der Waals surface area contributed by atoms with Gasteiger partial charge in [-0.15, -0.1) is 0 Å². The highest BCUT2D eigenvalue weighted by Crippen LogP contribution is 2.21. The quantitative estimate of drug-likeness (QED) is 0.560. The van der Waals surface area contributed by atoms with Crippen molar-refractivity contribution in [3.8, 4) is 0 Å². The minimum absolute atomic E-state index is 0.00974. The highest BCUT2D eigenvalue weighted by molar-refractivity contribution is 7.89. The highest BCUT2D eigenvalue weighted by atomic mass is 32.2. The average Bonchev–Trinajstić information content (AvgIpc) is 2.75. The second-order valence-corrected chi connectivity index (χ2v) is 7.45. The maximum atomic E-state index is 12.2. The Kier molecular flexibility index (Phi) is 3.53. The molecule has 19 heavy (non-hydrogen) atoms. The fraction of sp³-hybridized carbons (Fsp3) is 0.571. The van der Waals surface area contributed by atoms with Gasteiger partial charge in [-0.2, -0.15) is 22.1 Å². The number of sulfonamides is 1. The lowest BCUT2D eigenvalue weighted by atomic mass is 10.4. The van der Waals surface area contributed by atoms with Gasteiger partial charge in [0.25, 0.3) is 10.2 Å². The molecule has 5 N–H and O–H groups in total. The molecule has 1 saturated heterocycles. The predicted molar refractivity (Wildman–Crippen MR) is 66.4 cm³/mol. The zero-order chi connectivity index (χ0) is 14.3. The number of hydrogen-bond acceptors (Lipinski definition) is 6. The molecule has 1 aliphatic rings. The molecule has 0 aliphatic carbocycles. The van der Waals surface area contributed by atoms with E-state index in [1.807, 2.05) is 0 Å².